The van der Waals surface area contributed by atoms with Crippen LogP contribution in [-0.2, 0) is 7.05 Å². The van der Waals surface area contributed by atoms with Crippen LogP contribution in [0, 0.1) is 0 Å². The number of aryl methyl sites for hydroxylation is 1. The predicted octanol–water partition coefficient (Wildman–Crippen LogP) is 2.18. The molecule has 6 nitrogen and oxygen atoms in total. The number of aliphatic imine (C=N–C) groups is 1. The molecule has 7 heteroatoms. The maximum Gasteiger partial charge on any atom is 0.193 e. The summed E-state index contributed by atoms with van der Waals surface area (Å²) in [6.07, 6.45) is 5.29. The molecule has 0 aliphatic carbocycles. The minimum absolute atomic E-state index is 0. The lowest BCUT2D eigenvalue weighted by molar-refractivity contribution is 0.430. The Balaban J connectivity index is 0.00000288. The first-order valence-corrected chi connectivity index (χ1v) is 8.66. The Kier molecular flexibility index (Phi) is 8.49. The van der Waals surface area contributed by atoms with Crippen LogP contribution >= 0.6 is 24.0 Å². The molecule has 1 saturated heterocycles. The summed E-state index contributed by atoms with van der Waals surface area (Å²) < 4.78 is 1.88. The van der Waals surface area contributed by atoms with Crippen molar-refractivity contribution in [3.8, 4) is 0 Å². The van der Waals surface area contributed by atoms with Crippen LogP contribution in [0.1, 0.15) is 45.6 Å². The Hall–Kier alpha value is -0.830. The van der Waals surface area contributed by atoms with Gasteiger partial charge >= 0.3 is 0 Å². The van der Waals surface area contributed by atoms with Gasteiger partial charge in [0.1, 0.15) is 0 Å². The van der Waals surface area contributed by atoms with Crippen LogP contribution in [-0.4, -0.2) is 58.9 Å². The Morgan fingerprint density at radius 2 is 2.17 bits per heavy atom. The van der Waals surface area contributed by atoms with E-state index in [4.69, 9.17) is 4.99 Å². The number of halogens is 1. The molecule has 1 fully saturated rings. The summed E-state index contributed by atoms with van der Waals surface area (Å²) in [6.45, 7) is 13.3. The number of hydrogen-bond acceptors (Lipinski definition) is 3. The first kappa shape index (κ1) is 21.2. The summed E-state index contributed by atoms with van der Waals surface area (Å²) in [5.41, 5.74) is 1.48. The average molecular weight is 448 g/mol. The van der Waals surface area contributed by atoms with E-state index in [1.165, 1.54) is 5.56 Å². The minimum Gasteiger partial charge on any atom is -0.357 e. The molecule has 0 amide bonds. The third kappa shape index (κ3) is 6.58. The average Bonchev–Trinajstić information content (AvgIpc) is 3.10. The zero-order valence-electron chi connectivity index (χ0n) is 15.7. The summed E-state index contributed by atoms with van der Waals surface area (Å²) in [7, 11) is 1.98. The van der Waals surface area contributed by atoms with Gasteiger partial charge in [0.05, 0.1) is 12.7 Å². The van der Waals surface area contributed by atoms with Crippen LogP contribution in [0.3, 0.4) is 0 Å². The maximum atomic E-state index is 4.78. The van der Waals surface area contributed by atoms with E-state index in [2.05, 4.69) is 54.5 Å². The van der Waals surface area contributed by atoms with E-state index in [1.54, 1.807) is 0 Å². The van der Waals surface area contributed by atoms with Crippen molar-refractivity contribution in [2.75, 3.05) is 32.7 Å². The first-order chi connectivity index (χ1) is 10.9. The number of rotatable bonds is 5. The molecule has 1 unspecified atom stereocenters. The molecule has 138 valence electrons. The van der Waals surface area contributed by atoms with Crippen molar-refractivity contribution in [1.29, 1.82) is 0 Å². The molecule has 1 aliphatic rings. The normalized spacial score (nSPS) is 18.6. The summed E-state index contributed by atoms with van der Waals surface area (Å²) in [4.78, 5) is 7.15. The van der Waals surface area contributed by atoms with E-state index in [9.17, 15) is 0 Å². The monoisotopic (exact) mass is 448 g/mol. The van der Waals surface area contributed by atoms with Gasteiger partial charge < -0.3 is 15.5 Å². The molecule has 1 atom stereocenters. The zero-order valence-corrected chi connectivity index (χ0v) is 18.0. The van der Waals surface area contributed by atoms with Crippen molar-refractivity contribution in [2.24, 2.45) is 12.0 Å². The highest BCUT2D eigenvalue weighted by Gasteiger charge is 2.26. The largest absolute Gasteiger partial charge is 0.357 e. The lowest BCUT2D eigenvalue weighted by Gasteiger charge is -2.23. The van der Waals surface area contributed by atoms with Gasteiger partial charge in [-0.15, -0.1) is 24.0 Å². The highest BCUT2D eigenvalue weighted by Crippen LogP contribution is 2.26. The highest BCUT2D eigenvalue weighted by molar-refractivity contribution is 14.0. The van der Waals surface area contributed by atoms with E-state index in [1.807, 2.05) is 17.9 Å². The SMILES string of the molecule is CCNC(=NCCNC(C)(C)C)N1CCC(c2cnn(C)c2)C1.I. The van der Waals surface area contributed by atoms with Crippen molar-refractivity contribution in [3.05, 3.63) is 18.0 Å². The van der Waals surface area contributed by atoms with Crippen molar-refractivity contribution in [3.63, 3.8) is 0 Å². The minimum atomic E-state index is 0. The standard InChI is InChI=1S/C17H32N6.HI/c1-6-18-16(19-8-9-20-17(2,3)4)23-10-7-14(13-23)15-11-21-22(5)12-15;/h11-12,14,20H,6-10,13H2,1-5H3,(H,18,19);1H. The van der Waals surface area contributed by atoms with E-state index in [0.717, 1.165) is 45.1 Å². The number of hydrogen-bond donors (Lipinski definition) is 2. The van der Waals surface area contributed by atoms with Gasteiger partial charge in [-0.05, 0) is 39.7 Å². The third-order valence-electron chi connectivity index (χ3n) is 4.05. The first-order valence-electron chi connectivity index (χ1n) is 8.66. The smallest absolute Gasteiger partial charge is 0.193 e. The number of nitrogens with zero attached hydrogens (tertiary/aromatic N) is 4. The molecule has 0 bridgehead atoms. The van der Waals surface area contributed by atoms with Crippen molar-refractivity contribution < 1.29 is 0 Å². The molecule has 1 aromatic heterocycles. The molecular weight excluding hydrogens is 415 g/mol. The second kappa shape index (κ2) is 9.60. The van der Waals surface area contributed by atoms with Crippen LogP contribution in [0.25, 0.3) is 0 Å². The van der Waals surface area contributed by atoms with Crippen LogP contribution in [0.5, 0.6) is 0 Å². The second-order valence-corrected chi connectivity index (χ2v) is 7.29. The van der Waals surface area contributed by atoms with Crippen LogP contribution in [0.2, 0.25) is 0 Å². The van der Waals surface area contributed by atoms with E-state index in [-0.39, 0.29) is 29.5 Å². The predicted molar refractivity (Wildman–Crippen MR) is 111 cm³/mol. The van der Waals surface area contributed by atoms with Gasteiger partial charge in [-0.2, -0.15) is 5.10 Å². The Labute approximate surface area is 163 Å². The lowest BCUT2D eigenvalue weighted by Crippen LogP contribution is -2.41. The topological polar surface area (TPSA) is 57.5 Å². The van der Waals surface area contributed by atoms with Crippen LogP contribution < -0.4 is 10.6 Å². The van der Waals surface area contributed by atoms with Gasteiger partial charge in [-0.25, -0.2) is 0 Å². The third-order valence-corrected chi connectivity index (χ3v) is 4.05. The van der Waals surface area contributed by atoms with E-state index in [0.29, 0.717) is 5.92 Å². The molecular formula is C17H33IN6. The number of nitrogens with one attached hydrogen (secondary N) is 2. The van der Waals surface area contributed by atoms with E-state index < -0.39 is 0 Å². The van der Waals surface area contributed by atoms with Gasteiger partial charge in [0.15, 0.2) is 5.96 Å². The van der Waals surface area contributed by atoms with Gasteiger partial charge in [0, 0.05) is 50.9 Å². The Morgan fingerprint density at radius 1 is 1.42 bits per heavy atom. The molecule has 2 N–H and O–H groups in total. The van der Waals surface area contributed by atoms with Gasteiger partial charge in [-0.1, -0.05) is 0 Å². The van der Waals surface area contributed by atoms with Gasteiger partial charge in [0.25, 0.3) is 0 Å². The Bertz CT molecular complexity index is 519. The molecule has 0 saturated carbocycles. The van der Waals surface area contributed by atoms with Crippen molar-refractivity contribution in [2.45, 2.75) is 45.6 Å². The number of guanidine groups is 1. The Morgan fingerprint density at radius 3 is 2.75 bits per heavy atom. The number of aromatic nitrogens is 2. The molecule has 0 radical (unpaired) electrons. The maximum absolute atomic E-state index is 4.78. The molecule has 1 aliphatic heterocycles. The van der Waals surface area contributed by atoms with Crippen LogP contribution in [0.15, 0.2) is 17.4 Å². The lowest BCUT2D eigenvalue weighted by atomic mass is 10.0. The second-order valence-electron chi connectivity index (χ2n) is 7.29. The van der Waals surface area contributed by atoms with Crippen molar-refractivity contribution in [1.82, 2.24) is 25.3 Å². The van der Waals surface area contributed by atoms with Gasteiger partial charge in [0.2, 0.25) is 0 Å². The molecule has 2 heterocycles. The van der Waals surface area contributed by atoms with Crippen molar-refractivity contribution >= 4 is 29.9 Å². The molecule has 24 heavy (non-hydrogen) atoms. The molecule has 1 aromatic rings. The molecule has 0 aromatic carbocycles. The summed E-state index contributed by atoms with van der Waals surface area (Å²) >= 11 is 0. The van der Waals surface area contributed by atoms with E-state index >= 15 is 0 Å². The summed E-state index contributed by atoms with van der Waals surface area (Å²) in [5, 5.41) is 11.2. The fraction of sp³-hybridized carbons (Fsp3) is 0.765. The highest BCUT2D eigenvalue weighted by atomic mass is 127. The molecule has 0 spiro atoms. The summed E-state index contributed by atoms with van der Waals surface area (Å²) in [6, 6.07) is 0. The van der Waals surface area contributed by atoms with Crippen LogP contribution in [0.4, 0.5) is 0 Å². The fourth-order valence-corrected chi connectivity index (χ4v) is 2.89. The summed E-state index contributed by atoms with van der Waals surface area (Å²) in [5.74, 6) is 1.59. The molecule has 2 rings (SSSR count). The quantitative estimate of drug-likeness (QED) is 0.314. The zero-order chi connectivity index (χ0) is 16.9. The fourth-order valence-electron chi connectivity index (χ4n) is 2.89. The van der Waals surface area contributed by atoms with Gasteiger partial charge in [-0.3, -0.25) is 9.67 Å². The number of likely N-dealkylation sites (tertiary alicyclic amines) is 1.